The number of rotatable bonds is 10. The van der Waals surface area contributed by atoms with Crippen LogP contribution < -0.4 is 16.0 Å². The molecule has 0 saturated carbocycles. The van der Waals surface area contributed by atoms with Gasteiger partial charge in [0.15, 0.2) is 5.96 Å². The van der Waals surface area contributed by atoms with Crippen LogP contribution in [0.3, 0.4) is 0 Å². The van der Waals surface area contributed by atoms with Crippen molar-refractivity contribution in [1.29, 1.82) is 0 Å². The molecule has 24 heavy (non-hydrogen) atoms. The quantitative estimate of drug-likeness (QED) is 0.203. The van der Waals surface area contributed by atoms with Crippen molar-refractivity contribution in [3.8, 4) is 0 Å². The molecule has 0 fully saturated rings. The Hall–Kier alpha value is -0.770. The van der Waals surface area contributed by atoms with E-state index in [0.717, 1.165) is 44.9 Å². The molecule has 3 N–H and O–H groups in total. The van der Waals surface area contributed by atoms with Crippen LogP contribution in [-0.4, -0.2) is 57.5 Å². The molecule has 0 rings (SSSR count). The van der Waals surface area contributed by atoms with Gasteiger partial charge >= 0.3 is 6.09 Å². The van der Waals surface area contributed by atoms with Gasteiger partial charge in [-0.25, -0.2) is 4.79 Å². The van der Waals surface area contributed by atoms with Gasteiger partial charge in [-0.1, -0.05) is 0 Å². The Balaban J connectivity index is 0. The highest BCUT2D eigenvalue weighted by Gasteiger charge is 2.15. The number of unbranched alkanes of at least 4 members (excludes halogenated alkanes) is 2. The van der Waals surface area contributed by atoms with E-state index < -0.39 is 11.7 Å². The summed E-state index contributed by atoms with van der Waals surface area (Å²) in [5.41, 5.74) is -0.475. The number of ether oxygens (including phenoxy) is 2. The maximum absolute atomic E-state index is 11.5. The molecule has 0 spiro atoms. The number of hydrogen-bond acceptors (Lipinski definition) is 4. The van der Waals surface area contributed by atoms with E-state index >= 15 is 0 Å². The second kappa shape index (κ2) is 15.7. The maximum Gasteiger partial charge on any atom is 0.407 e. The maximum atomic E-state index is 11.5. The summed E-state index contributed by atoms with van der Waals surface area (Å²) in [6.07, 6.45) is 2.81. The molecule has 0 aromatic carbocycles. The predicted octanol–water partition coefficient (Wildman–Crippen LogP) is 2.50. The molecule has 0 radical (unpaired) electrons. The van der Waals surface area contributed by atoms with E-state index in [2.05, 4.69) is 20.9 Å². The van der Waals surface area contributed by atoms with Crippen molar-refractivity contribution >= 4 is 36.0 Å². The van der Waals surface area contributed by atoms with Gasteiger partial charge in [-0.05, 0) is 47.0 Å². The molecule has 0 aliphatic rings. The zero-order valence-electron chi connectivity index (χ0n) is 15.7. The summed E-state index contributed by atoms with van der Waals surface area (Å²) < 4.78 is 10.2. The van der Waals surface area contributed by atoms with Crippen LogP contribution in [0.2, 0.25) is 0 Å². The Labute approximate surface area is 163 Å². The molecule has 0 unspecified atom stereocenters. The van der Waals surface area contributed by atoms with Crippen LogP contribution in [0.5, 0.6) is 0 Å². The number of nitrogens with zero attached hydrogens (tertiary/aromatic N) is 1. The number of guanidine groups is 1. The molecular weight excluding hydrogens is 423 g/mol. The first kappa shape index (κ1) is 25.5. The van der Waals surface area contributed by atoms with E-state index in [1.54, 1.807) is 7.11 Å². The Morgan fingerprint density at radius 1 is 1.04 bits per heavy atom. The molecule has 1 amide bonds. The first-order valence-corrected chi connectivity index (χ1v) is 8.37. The molecule has 0 heterocycles. The third-order valence-corrected chi connectivity index (χ3v) is 2.71. The molecule has 0 aromatic rings. The number of aliphatic imine (C=N–C) groups is 1. The minimum absolute atomic E-state index is 0. The van der Waals surface area contributed by atoms with Crippen LogP contribution in [0.1, 0.15) is 47.0 Å². The van der Waals surface area contributed by atoms with Gasteiger partial charge in [-0.15, -0.1) is 24.0 Å². The van der Waals surface area contributed by atoms with Gasteiger partial charge < -0.3 is 25.4 Å². The van der Waals surface area contributed by atoms with E-state index in [9.17, 15) is 4.79 Å². The van der Waals surface area contributed by atoms with Crippen LogP contribution in [0.25, 0.3) is 0 Å². The smallest absolute Gasteiger partial charge is 0.407 e. The number of amides is 1. The van der Waals surface area contributed by atoms with Crippen molar-refractivity contribution in [3.63, 3.8) is 0 Å². The number of carbonyl (C=O) groups is 1. The average molecular weight is 458 g/mol. The molecule has 144 valence electrons. The Bertz CT molecular complexity index is 347. The van der Waals surface area contributed by atoms with Crippen molar-refractivity contribution in [1.82, 2.24) is 16.0 Å². The van der Waals surface area contributed by atoms with E-state index in [4.69, 9.17) is 9.47 Å². The summed E-state index contributed by atoms with van der Waals surface area (Å²) >= 11 is 0. The zero-order valence-corrected chi connectivity index (χ0v) is 18.1. The van der Waals surface area contributed by atoms with Gasteiger partial charge in [0.25, 0.3) is 0 Å². The van der Waals surface area contributed by atoms with E-state index in [0.29, 0.717) is 13.1 Å². The lowest BCUT2D eigenvalue weighted by molar-refractivity contribution is 0.0529. The second-order valence-electron chi connectivity index (χ2n) is 6.17. The lowest BCUT2D eigenvalue weighted by Gasteiger charge is -2.19. The summed E-state index contributed by atoms with van der Waals surface area (Å²) in [6, 6.07) is 0. The van der Waals surface area contributed by atoms with Gasteiger partial charge in [-0.2, -0.15) is 0 Å². The SMILES string of the molecule is CCNC(=NCCCCCOC)NCCNC(=O)OC(C)(C)C.I. The molecule has 0 aliphatic heterocycles. The van der Waals surface area contributed by atoms with Gasteiger partial charge in [0.2, 0.25) is 0 Å². The average Bonchev–Trinajstić information content (AvgIpc) is 2.45. The number of methoxy groups -OCH3 is 1. The van der Waals surface area contributed by atoms with Crippen molar-refractivity contribution in [2.75, 3.05) is 39.9 Å². The molecule has 0 bridgehead atoms. The van der Waals surface area contributed by atoms with Crippen LogP contribution in [0.4, 0.5) is 4.79 Å². The zero-order chi connectivity index (χ0) is 17.6. The first-order chi connectivity index (χ1) is 10.9. The van der Waals surface area contributed by atoms with E-state index in [1.807, 2.05) is 27.7 Å². The van der Waals surface area contributed by atoms with Crippen LogP contribution in [0.15, 0.2) is 4.99 Å². The number of nitrogens with one attached hydrogen (secondary N) is 3. The number of hydrogen-bond donors (Lipinski definition) is 3. The van der Waals surface area contributed by atoms with E-state index in [-0.39, 0.29) is 24.0 Å². The summed E-state index contributed by atoms with van der Waals surface area (Å²) in [7, 11) is 1.72. The highest BCUT2D eigenvalue weighted by molar-refractivity contribution is 14.0. The van der Waals surface area contributed by atoms with Crippen molar-refractivity contribution in [3.05, 3.63) is 0 Å². The monoisotopic (exact) mass is 458 g/mol. The summed E-state index contributed by atoms with van der Waals surface area (Å²) in [5.74, 6) is 0.769. The molecule has 0 aromatic heterocycles. The van der Waals surface area contributed by atoms with Gasteiger partial charge in [0, 0.05) is 39.9 Å². The fraction of sp³-hybridized carbons (Fsp3) is 0.875. The van der Waals surface area contributed by atoms with Crippen LogP contribution >= 0.6 is 24.0 Å². The lowest BCUT2D eigenvalue weighted by atomic mass is 10.2. The topological polar surface area (TPSA) is 84.0 Å². The lowest BCUT2D eigenvalue weighted by Crippen LogP contribution is -2.42. The van der Waals surface area contributed by atoms with Crippen LogP contribution in [0, 0.1) is 0 Å². The molecule has 7 nitrogen and oxygen atoms in total. The minimum Gasteiger partial charge on any atom is -0.444 e. The molecule has 0 aliphatic carbocycles. The number of carbonyl (C=O) groups excluding carboxylic acids is 1. The van der Waals surface area contributed by atoms with Gasteiger partial charge in [0.05, 0.1) is 0 Å². The third-order valence-electron chi connectivity index (χ3n) is 2.71. The number of halogens is 1. The Kier molecular flexibility index (Phi) is 16.7. The highest BCUT2D eigenvalue weighted by atomic mass is 127. The largest absolute Gasteiger partial charge is 0.444 e. The first-order valence-electron chi connectivity index (χ1n) is 8.37. The summed E-state index contributed by atoms with van der Waals surface area (Å²) in [5, 5.41) is 9.07. The van der Waals surface area contributed by atoms with Gasteiger partial charge in [-0.3, -0.25) is 4.99 Å². The molecule has 0 atom stereocenters. The molecule has 0 saturated heterocycles. The van der Waals surface area contributed by atoms with Crippen molar-refractivity contribution in [2.45, 2.75) is 52.6 Å². The Morgan fingerprint density at radius 2 is 1.71 bits per heavy atom. The molecular formula is C16H35IN4O3. The number of alkyl carbamates (subject to hydrolysis) is 1. The summed E-state index contributed by atoms with van der Waals surface area (Å²) in [4.78, 5) is 16.0. The predicted molar refractivity (Wildman–Crippen MR) is 109 cm³/mol. The highest BCUT2D eigenvalue weighted by Crippen LogP contribution is 2.05. The fourth-order valence-electron chi connectivity index (χ4n) is 1.73. The third kappa shape index (κ3) is 17.6. The fourth-order valence-corrected chi connectivity index (χ4v) is 1.73. The normalized spacial score (nSPS) is 11.5. The van der Waals surface area contributed by atoms with Crippen molar-refractivity contribution in [2.24, 2.45) is 4.99 Å². The second-order valence-corrected chi connectivity index (χ2v) is 6.17. The van der Waals surface area contributed by atoms with E-state index in [1.165, 1.54) is 0 Å². The Morgan fingerprint density at radius 3 is 2.29 bits per heavy atom. The van der Waals surface area contributed by atoms with Gasteiger partial charge in [0.1, 0.15) is 5.60 Å². The standard InChI is InChI=1S/C16H34N4O3.HI/c1-6-17-14(18-10-8-7-9-13-22-5)19-11-12-20-15(21)23-16(2,3)4;/h6-13H2,1-5H3,(H,20,21)(H2,17,18,19);1H. The minimum atomic E-state index is -0.475. The molecule has 8 heteroatoms. The summed E-state index contributed by atoms with van der Waals surface area (Å²) in [6.45, 7) is 11.0. The van der Waals surface area contributed by atoms with Crippen molar-refractivity contribution < 1.29 is 14.3 Å². The van der Waals surface area contributed by atoms with Crippen LogP contribution in [-0.2, 0) is 9.47 Å².